The molecular formula is C20H24FNO3. The third-order valence-corrected chi connectivity index (χ3v) is 4.30. The molecule has 0 aliphatic rings. The number of hydrogen-bond donors (Lipinski definition) is 2. The van der Waals surface area contributed by atoms with Crippen molar-refractivity contribution < 1.29 is 19.0 Å². The monoisotopic (exact) mass is 345 g/mol. The van der Waals surface area contributed by atoms with Crippen LogP contribution in [0.25, 0.3) is 0 Å². The first kappa shape index (κ1) is 18.9. The molecule has 134 valence electrons. The Bertz CT molecular complexity index is 685. The summed E-state index contributed by atoms with van der Waals surface area (Å²) in [7, 11) is 1.59. The van der Waals surface area contributed by atoms with E-state index in [0.29, 0.717) is 12.0 Å². The summed E-state index contributed by atoms with van der Waals surface area (Å²) >= 11 is 0. The van der Waals surface area contributed by atoms with E-state index in [2.05, 4.69) is 5.32 Å². The molecule has 0 aliphatic heterocycles. The second-order valence-electron chi connectivity index (χ2n) is 6.03. The number of rotatable bonds is 7. The first-order valence-electron chi connectivity index (χ1n) is 8.34. The summed E-state index contributed by atoms with van der Waals surface area (Å²) in [6, 6.07) is 12.5. The Morgan fingerprint density at radius 1 is 1.12 bits per heavy atom. The van der Waals surface area contributed by atoms with Crippen LogP contribution in [0, 0.1) is 5.82 Å². The molecule has 0 saturated carbocycles. The predicted octanol–water partition coefficient (Wildman–Crippen LogP) is 3.57. The Hall–Kier alpha value is -2.40. The van der Waals surface area contributed by atoms with E-state index in [0.717, 1.165) is 11.3 Å². The van der Waals surface area contributed by atoms with E-state index < -0.39 is 12.1 Å². The van der Waals surface area contributed by atoms with E-state index in [1.54, 1.807) is 14.0 Å². The summed E-state index contributed by atoms with van der Waals surface area (Å²) in [5, 5.41) is 13.2. The molecule has 5 heteroatoms. The zero-order valence-corrected chi connectivity index (χ0v) is 14.7. The highest BCUT2D eigenvalue weighted by molar-refractivity contribution is 5.83. The fourth-order valence-corrected chi connectivity index (χ4v) is 2.76. The first-order valence-corrected chi connectivity index (χ1v) is 8.34. The highest BCUT2D eigenvalue weighted by atomic mass is 19.1. The van der Waals surface area contributed by atoms with Gasteiger partial charge in [-0.15, -0.1) is 0 Å². The van der Waals surface area contributed by atoms with Crippen LogP contribution in [0.4, 0.5) is 4.39 Å². The highest BCUT2D eigenvalue weighted by Crippen LogP contribution is 2.24. The molecule has 3 atom stereocenters. The zero-order chi connectivity index (χ0) is 18.4. The molecule has 0 fully saturated rings. The minimum absolute atomic E-state index is 0.152. The van der Waals surface area contributed by atoms with E-state index in [-0.39, 0.29) is 17.6 Å². The number of carbonyl (C=O) groups is 1. The number of aliphatic hydroxyl groups excluding tert-OH is 1. The van der Waals surface area contributed by atoms with Gasteiger partial charge in [0.2, 0.25) is 5.91 Å². The van der Waals surface area contributed by atoms with Crippen molar-refractivity contribution in [1.29, 1.82) is 0 Å². The number of hydrogen-bond acceptors (Lipinski definition) is 3. The van der Waals surface area contributed by atoms with Gasteiger partial charge in [-0.3, -0.25) is 4.79 Å². The molecular weight excluding hydrogens is 321 g/mol. The number of nitrogens with one attached hydrogen (secondary N) is 1. The summed E-state index contributed by atoms with van der Waals surface area (Å²) in [6.07, 6.45) is -0.268. The van der Waals surface area contributed by atoms with E-state index in [1.165, 1.54) is 24.3 Å². The van der Waals surface area contributed by atoms with Crippen molar-refractivity contribution >= 4 is 5.91 Å². The molecule has 0 saturated heterocycles. The van der Waals surface area contributed by atoms with Gasteiger partial charge in [-0.1, -0.05) is 31.2 Å². The van der Waals surface area contributed by atoms with Crippen LogP contribution in [0.15, 0.2) is 48.5 Å². The molecule has 3 unspecified atom stereocenters. The van der Waals surface area contributed by atoms with Gasteiger partial charge in [0.15, 0.2) is 0 Å². The lowest BCUT2D eigenvalue weighted by Gasteiger charge is -2.24. The maximum Gasteiger partial charge on any atom is 0.227 e. The van der Waals surface area contributed by atoms with E-state index in [1.807, 2.05) is 31.2 Å². The average Bonchev–Trinajstić information content (AvgIpc) is 2.63. The smallest absolute Gasteiger partial charge is 0.227 e. The molecule has 2 aromatic rings. The Labute approximate surface area is 147 Å². The molecule has 0 heterocycles. The number of benzene rings is 2. The second-order valence-corrected chi connectivity index (χ2v) is 6.03. The van der Waals surface area contributed by atoms with Crippen LogP contribution in [0.2, 0.25) is 0 Å². The SMILES string of the molecule is CCC(C(=O)NC(C)C(O)c1ccc(F)cc1)c1ccc(OC)cc1. The third-order valence-electron chi connectivity index (χ3n) is 4.30. The van der Waals surface area contributed by atoms with Crippen LogP contribution in [-0.4, -0.2) is 24.2 Å². The Morgan fingerprint density at radius 3 is 2.20 bits per heavy atom. The maximum atomic E-state index is 13.0. The van der Waals surface area contributed by atoms with Gasteiger partial charge in [0, 0.05) is 0 Å². The Morgan fingerprint density at radius 2 is 1.68 bits per heavy atom. The van der Waals surface area contributed by atoms with Crippen molar-refractivity contribution in [2.45, 2.75) is 38.3 Å². The molecule has 0 spiro atoms. The summed E-state index contributed by atoms with van der Waals surface area (Å²) in [5.41, 5.74) is 1.45. The van der Waals surface area contributed by atoms with Crippen LogP contribution in [0.5, 0.6) is 5.75 Å². The van der Waals surface area contributed by atoms with E-state index in [9.17, 15) is 14.3 Å². The van der Waals surface area contributed by atoms with Gasteiger partial charge in [-0.25, -0.2) is 4.39 Å². The normalized spacial score (nSPS) is 14.4. The number of amides is 1. The van der Waals surface area contributed by atoms with Crippen molar-refractivity contribution in [3.05, 3.63) is 65.5 Å². The molecule has 2 N–H and O–H groups in total. The van der Waals surface area contributed by atoms with Crippen molar-refractivity contribution in [3.63, 3.8) is 0 Å². The van der Waals surface area contributed by atoms with Gasteiger partial charge in [-0.05, 0) is 48.7 Å². The molecule has 0 aromatic heterocycles. The lowest BCUT2D eigenvalue weighted by molar-refractivity contribution is -0.124. The second kappa shape index (κ2) is 8.62. The molecule has 25 heavy (non-hydrogen) atoms. The lowest BCUT2D eigenvalue weighted by Crippen LogP contribution is -2.39. The van der Waals surface area contributed by atoms with Crippen LogP contribution in [0.1, 0.15) is 43.4 Å². The molecule has 0 aliphatic carbocycles. The molecule has 0 radical (unpaired) electrons. The number of methoxy groups -OCH3 is 1. The standard InChI is InChI=1S/C20H24FNO3/c1-4-18(14-7-11-17(25-3)12-8-14)20(24)22-13(2)19(23)15-5-9-16(21)10-6-15/h5-13,18-19,23H,4H2,1-3H3,(H,22,24). The van der Waals surface area contributed by atoms with Crippen molar-refractivity contribution in [2.24, 2.45) is 0 Å². The van der Waals surface area contributed by atoms with Gasteiger partial charge in [0.1, 0.15) is 11.6 Å². The van der Waals surface area contributed by atoms with Crippen molar-refractivity contribution in [2.75, 3.05) is 7.11 Å². The van der Waals surface area contributed by atoms with Crippen LogP contribution < -0.4 is 10.1 Å². The van der Waals surface area contributed by atoms with Crippen LogP contribution in [-0.2, 0) is 4.79 Å². The van der Waals surface area contributed by atoms with Crippen molar-refractivity contribution in [1.82, 2.24) is 5.32 Å². The number of ether oxygens (including phenoxy) is 1. The lowest BCUT2D eigenvalue weighted by atomic mass is 9.94. The Balaban J connectivity index is 2.05. The maximum absolute atomic E-state index is 13.0. The Kier molecular flexibility index (Phi) is 6.53. The minimum atomic E-state index is -0.905. The molecule has 4 nitrogen and oxygen atoms in total. The van der Waals surface area contributed by atoms with E-state index in [4.69, 9.17) is 4.74 Å². The topological polar surface area (TPSA) is 58.6 Å². The van der Waals surface area contributed by atoms with Gasteiger partial charge in [0.25, 0.3) is 0 Å². The van der Waals surface area contributed by atoms with Gasteiger partial charge >= 0.3 is 0 Å². The zero-order valence-electron chi connectivity index (χ0n) is 14.7. The molecule has 2 aromatic carbocycles. The molecule has 2 rings (SSSR count). The fourth-order valence-electron chi connectivity index (χ4n) is 2.76. The van der Waals surface area contributed by atoms with Crippen LogP contribution >= 0.6 is 0 Å². The summed E-state index contributed by atoms with van der Waals surface area (Å²) in [6.45, 7) is 3.67. The van der Waals surface area contributed by atoms with E-state index >= 15 is 0 Å². The third kappa shape index (κ3) is 4.79. The molecule has 1 amide bonds. The summed E-state index contributed by atoms with van der Waals surface area (Å²) in [4.78, 5) is 12.6. The number of halogens is 1. The number of carbonyl (C=O) groups excluding carboxylic acids is 1. The largest absolute Gasteiger partial charge is 0.497 e. The predicted molar refractivity (Wildman–Crippen MR) is 95.0 cm³/mol. The first-order chi connectivity index (χ1) is 12.0. The quantitative estimate of drug-likeness (QED) is 0.807. The average molecular weight is 345 g/mol. The van der Waals surface area contributed by atoms with Crippen molar-refractivity contribution in [3.8, 4) is 5.75 Å². The van der Waals surface area contributed by atoms with Gasteiger partial charge < -0.3 is 15.2 Å². The minimum Gasteiger partial charge on any atom is -0.497 e. The molecule has 0 bridgehead atoms. The van der Waals surface area contributed by atoms with Gasteiger partial charge in [-0.2, -0.15) is 0 Å². The summed E-state index contributed by atoms with van der Waals surface area (Å²) in [5.74, 6) is -0.0904. The van der Waals surface area contributed by atoms with Gasteiger partial charge in [0.05, 0.1) is 25.2 Å². The van der Waals surface area contributed by atoms with Crippen LogP contribution in [0.3, 0.4) is 0 Å². The summed E-state index contributed by atoms with van der Waals surface area (Å²) < 4.78 is 18.1. The fraction of sp³-hybridized carbons (Fsp3) is 0.350. The number of aliphatic hydroxyl groups is 1. The highest BCUT2D eigenvalue weighted by Gasteiger charge is 2.24.